The standard InChI is InChI=1S/C36H40O5S/c1-2-36(42)35(40-26-31-21-13-6-14-22-31)34(39-25-30-19-11-5-12-20-30)33(38-24-29-17-9-4-10-18-29)32(41-36)27-37-23-28-15-7-3-8-16-28/h3-22,32-35,42H,2,23-27H2,1H3/t32-,33-,34+,35+,36-/m1/s1. The number of hydrogen-bond donors (Lipinski definition) is 1. The van der Waals surface area contributed by atoms with Crippen LogP contribution in [0.2, 0.25) is 0 Å². The summed E-state index contributed by atoms with van der Waals surface area (Å²) in [5.74, 6) is 0. The maximum Gasteiger partial charge on any atom is 0.140 e. The molecular formula is C36H40O5S. The molecule has 5 rings (SSSR count). The Morgan fingerprint density at radius 1 is 0.571 bits per heavy atom. The molecule has 0 saturated carbocycles. The molecule has 1 aliphatic rings. The molecule has 0 unspecified atom stereocenters. The summed E-state index contributed by atoms with van der Waals surface area (Å²) >= 11 is 5.12. The second-order valence-electron chi connectivity index (χ2n) is 10.6. The number of hydrogen-bond acceptors (Lipinski definition) is 6. The van der Waals surface area contributed by atoms with Crippen LogP contribution in [-0.4, -0.2) is 36.0 Å². The van der Waals surface area contributed by atoms with Crippen molar-refractivity contribution in [1.29, 1.82) is 0 Å². The summed E-state index contributed by atoms with van der Waals surface area (Å²) in [5.41, 5.74) is 4.32. The summed E-state index contributed by atoms with van der Waals surface area (Å²) in [7, 11) is 0. The van der Waals surface area contributed by atoms with Gasteiger partial charge < -0.3 is 23.7 Å². The van der Waals surface area contributed by atoms with Crippen molar-refractivity contribution in [2.75, 3.05) is 6.61 Å². The van der Waals surface area contributed by atoms with Crippen LogP contribution in [0.5, 0.6) is 0 Å². The van der Waals surface area contributed by atoms with Crippen molar-refractivity contribution in [2.24, 2.45) is 0 Å². The average Bonchev–Trinajstić information content (AvgIpc) is 3.05. The molecule has 0 spiro atoms. The smallest absolute Gasteiger partial charge is 0.140 e. The van der Waals surface area contributed by atoms with Crippen LogP contribution in [0.15, 0.2) is 121 Å². The molecule has 1 saturated heterocycles. The van der Waals surface area contributed by atoms with Gasteiger partial charge in [-0.1, -0.05) is 128 Å². The predicted molar refractivity (Wildman–Crippen MR) is 168 cm³/mol. The van der Waals surface area contributed by atoms with E-state index in [1.54, 1.807) is 0 Å². The van der Waals surface area contributed by atoms with E-state index in [4.69, 9.17) is 36.3 Å². The fourth-order valence-electron chi connectivity index (χ4n) is 5.22. The molecule has 0 aliphatic carbocycles. The van der Waals surface area contributed by atoms with Crippen molar-refractivity contribution in [3.05, 3.63) is 144 Å². The first-order chi connectivity index (χ1) is 20.6. The van der Waals surface area contributed by atoms with Crippen LogP contribution in [0.25, 0.3) is 0 Å². The number of ether oxygens (including phenoxy) is 5. The van der Waals surface area contributed by atoms with Crippen LogP contribution < -0.4 is 0 Å². The van der Waals surface area contributed by atoms with E-state index in [1.807, 2.05) is 72.8 Å². The highest BCUT2D eigenvalue weighted by atomic mass is 32.1. The molecule has 5 atom stereocenters. The predicted octanol–water partition coefficient (Wildman–Crippen LogP) is 7.39. The third-order valence-corrected chi connectivity index (χ3v) is 8.21. The maximum atomic E-state index is 6.75. The Labute approximate surface area is 255 Å². The molecule has 1 aliphatic heterocycles. The van der Waals surface area contributed by atoms with Crippen molar-refractivity contribution in [3.8, 4) is 0 Å². The van der Waals surface area contributed by atoms with Crippen LogP contribution in [-0.2, 0) is 50.1 Å². The zero-order valence-electron chi connectivity index (χ0n) is 24.1. The molecule has 0 amide bonds. The lowest BCUT2D eigenvalue weighted by atomic mass is 9.92. The van der Waals surface area contributed by atoms with Crippen molar-refractivity contribution in [2.45, 2.75) is 69.1 Å². The topological polar surface area (TPSA) is 46.2 Å². The van der Waals surface area contributed by atoms with Gasteiger partial charge in [0.15, 0.2) is 0 Å². The fraction of sp³-hybridized carbons (Fsp3) is 0.333. The molecule has 0 bridgehead atoms. The first kappa shape index (κ1) is 30.5. The van der Waals surface area contributed by atoms with Crippen molar-refractivity contribution in [3.63, 3.8) is 0 Å². The van der Waals surface area contributed by atoms with E-state index < -0.39 is 29.3 Å². The molecule has 4 aromatic rings. The summed E-state index contributed by atoms with van der Waals surface area (Å²) in [5, 5.41) is 0. The van der Waals surface area contributed by atoms with Gasteiger partial charge in [0.1, 0.15) is 29.3 Å². The summed E-state index contributed by atoms with van der Waals surface area (Å²) in [6.07, 6.45) is -1.24. The lowest BCUT2D eigenvalue weighted by molar-refractivity contribution is -0.282. The average molecular weight is 585 g/mol. The van der Waals surface area contributed by atoms with Gasteiger partial charge in [-0.2, -0.15) is 0 Å². The van der Waals surface area contributed by atoms with E-state index in [9.17, 15) is 0 Å². The SMILES string of the molecule is CC[C@]1(S)O[C@H](COCc2ccccc2)[C@@H](OCc2ccccc2)[C@H](OCc2ccccc2)[C@@H]1OCc1ccccc1. The molecule has 5 nitrogen and oxygen atoms in total. The van der Waals surface area contributed by atoms with Crippen molar-refractivity contribution < 1.29 is 23.7 Å². The number of thiol groups is 1. The molecule has 1 fully saturated rings. The summed E-state index contributed by atoms with van der Waals surface area (Å²) in [6, 6.07) is 40.6. The van der Waals surface area contributed by atoms with Crippen LogP contribution in [0.3, 0.4) is 0 Å². The lowest BCUT2D eigenvalue weighted by Crippen LogP contribution is -2.65. The largest absolute Gasteiger partial charge is 0.374 e. The van der Waals surface area contributed by atoms with E-state index in [0.717, 1.165) is 22.3 Å². The molecule has 1 heterocycles. The maximum absolute atomic E-state index is 6.75. The summed E-state index contributed by atoms with van der Waals surface area (Å²) in [6.45, 7) is 4.09. The van der Waals surface area contributed by atoms with Crippen LogP contribution >= 0.6 is 12.6 Å². The molecule has 220 valence electrons. The third kappa shape index (κ3) is 8.32. The molecular weight excluding hydrogens is 544 g/mol. The van der Waals surface area contributed by atoms with E-state index >= 15 is 0 Å². The minimum Gasteiger partial charge on any atom is -0.374 e. The van der Waals surface area contributed by atoms with Gasteiger partial charge in [0.2, 0.25) is 0 Å². The van der Waals surface area contributed by atoms with Crippen LogP contribution in [0.4, 0.5) is 0 Å². The summed E-state index contributed by atoms with van der Waals surface area (Å²) < 4.78 is 33.0. The van der Waals surface area contributed by atoms with Gasteiger partial charge in [-0.25, -0.2) is 0 Å². The highest BCUT2D eigenvalue weighted by molar-refractivity contribution is 7.81. The van der Waals surface area contributed by atoms with E-state index in [2.05, 4.69) is 55.5 Å². The summed E-state index contributed by atoms with van der Waals surface area (Å²) in [4.78, 5) is -0.913. The Morgan fingerprint density at radius 3 is 1.43 bits per heavy atom. The van der Waals surface area contributed by atoms with Gasteiger partial charge in [-0.3, -0.25) is 0 Å². The van der Waals surface area contributed by atoms with E-state index in [-0.39, 0.29) is 0 Å². The Balaban J connectivity index is 1.42. The van der Waals surface area contributed by atoms with Gasteiger partial charge in [-0.05, 0) is 28.7 Å². The molecule has 0 aromatic heterocycles. The van der Waals surface area contributed by atoms with Gasteiger partial charge in [-0.15, -0.1) is 12.6 Å². The lowest BCUT2D eigenvalue weighted by Gasteiger charge is -2.50. The zero-order valence-corrected chi connectivity index (χ0v) is 25.0. The molecule has 42 heavy (non-hydrogen) atoms. The van der Waals surface area contributed by atoms with Crippen molar-refractivity contribution in [1.82, 2.24) is 0 Å². The molecule has 4 aromatic carbocycles. The van der Waals surface area contributed by atoms with Crippen LogP contribution in [0, 0.1) is 0 Å². The Morgan fingerprint density at radius 2 is 0.976 bits per heavy atom. The van der Waals surface area contributed by atoms with E-state index in [0.29, 0.717) is 39.5 Å². The number of rotatable bonds is 14. The second-order valence-corrected chi connectivity index (χ2v) is 11.4. The number of benzene rings is 4. The second kappa shape index (κ2) is 15.5. The van der Waals surface area contributed by atoms with Crippen molar-refractivity contribution >= 4 is 12.6 Å². The Kier molecular flexibility index (Phi) is 11.2. The van der Waals surface area contributed by atoms with E-state index in [1.165, 1.54) is 0 Å². The van der Waals surface area contributed by atoms with Gasteiger partial charge >= 0.3 is 0 Å². The fourth-order valence-corrected chi connectivity index (χ4v) is 5.58. The normalized spacial score (nSPS) is 24.0. The Bertz CT molecular complexity index is 1310. The van der Waals surface area contributed by atoms with Gasteiger partial charge in [0, 0.05) is 0 Å². The monoisotopic (exact) mass is 584 g/mol. The van der Waals surface area contributed by atoms with Gasteiger partial charge in [0.05, 0.1) is 33.0 Å². The first-order valence-corrected chi connectivity index (χ1v) is 15.1. The third-order valence-electron chi connectivity index (χ3n) is 7.53. The molecule has 0 radical (unpaired) electrons. The first-order valence-electron chi connectivity index (χ1n) is 14.6. The minimum atomic E-state index is -0.913. The highest BCUT2D eigenvalue weighted by Gasteiger charge is 2.54. The Hall–Kier alpha value is -2.97. The van der Waals surface area contributed by atoms with Gasteiger partial charge in [0.25, 0.3) is 0 Å². The minimum absolute atomic E-state index is 0.327. The quantitative estimate of drug-likeness (QED) is 0.157. The molecule has 0 N–H and O–H groups in total. The zero-order chi connectivity index (χ0) is 29.0. The highest BCUT2D eigenvalue weighted by Crippen LogP contribution is 2.41. The van der Waals surface area contributed by atoms with Crippen LogP contribution in [0.1, 0.15) is 35.6 Å². The molecule has 6 heteroatoms.